The zero-order chi connectivity index (χ0) is 24.1. The molecule has 0 radical (unpaired) electrons. The SMILES string of the molecule is CCc1c(OC)cccc1C(=O)N(NC(=O)c1cc(OC)c(OC)c(OC)c1)C(C)(C)C. The van der Waals surface area contributed by atoms with Crippen LogP contribution in [-0.2, 0) is 6.42 Å². The molecular weight excluding hydrogens is 412 g/mol. The molecule has 0 aliphatic carbocycles. The van der Waals surface area contributed by atoms with Crippen molar-refractivity contribution >= 4 is 11.8 Å². The highest BCUT2D eigenvalue weighted by Gasteiger charge is 2.32. The molecule has 0 bridgehead atoms. The molecule has 0 atom stereocenters. The third kappa shape index (κ3) is 5.07. The first-order chi connectivity index (χ1) is 15.1. The molecule has 2 aromatic rings. The predicted molar refractivity (Wildman–Crippen MR) is 122 cm³/mol. The zero-order valence-electron chi connectivity index (χ0n) is 20.0. The van der Waals surface area contributed by atoms with Crippen LogP contribution in [0.5, 0.6) is 23.0 Å². The molecule has 174 valence electrons. The second-order valence-electron chi connectivity index (χ2n) is 8.01. The maximum atomic E-state index is 13.5. The van der Waals surface area contributed by atoms with E-state index in [4.69, 9.17) is 18.9 Å². The number of nitrogens with one attached hydrogen (secondary N) is 1. The van der Waals surface area contributed by atoms with Gasteiger partial charge in [-0.2, -0.15) is 0 Å². The highest BCUT2D eigenvalue weighted by Crippen LogP contribution is 2.38. The highest BCUT2D eigenvalue weighted by atomic mass is 16.5. The lowest BCUT2D eigenvalue weighted by Gasteiger charge is -2.36. The summed E-state index contributed by atoms with van der Waals surface area (Å²) in [6, 6.07) is 8.36. The number of methoxy groups -OCH3 is 4. The topological polar surface area (TPSA) is 86.3 Å². The number of carbonyl (C=O) groups is 2. The average Bonchev–Trinajstić information content (AvgIpc) is 2.79. The van der Waals surface area contributed by atoms with Gasteiger partial charge in [0.25, 0.3) is 11.8 Å². The number of carbonyl (C=O) groups excluding carboxylic acids is 2. The van der Waals surface area contributed by atoms with Crippen LogP contribution in [0, 0.1) is 0 Å². The number of benzene rings is 2. The molecule has 0 aliphatic rings. The monoisotopic (exact) mass is 444 g/mol. The molecule has 1 N–H and O–H groups in total. The summed E-state index contributed by atoms with van der Waals surface area (Å²) in [6.45, 7) is 7.47. The first-order valence-electron chi connectivity index (χ1n) is 10.2. The summed E-state index contributed by atoms with van der Waals surface area (Å²) in [6.07, 6.45) is 0.601. The lowest BCUT2D eigenvalue weighted by atomic mass is 10.0. The Morgan fingerprint density at radius 1 is 0.906 bits per heavy atom. The lowest BCUT2D eigenvalue weighted by molar-refractivity contribution is 0.0357. The lowest BCUT2D eigenvalue weighted by Crippen LogP contribution is -2.56. The summed E-state index contributed by atoms with van der Waals surface area (Å²) in [5.41, 5.74) is 3.54. The summed E-state index contributed by atoms with van der Waals surface area (Å²) in [7, 11) is 5.99. The van der Waals surface area contributed by atoms with E-state index in [2.05, 4.69) is 5.43 Å². The molecule has 0 aliphatic heterocycles. The van der Waals surface area contributed by atoms with Gasteiger partial charge in [0.1, 0.15) is 5.75 Å². The van der Waals surface area contributed by atoms with Crippen molar-refractivity contribution in [2.75, 3.05) is 28.4 Å². The summed E-state index contributed by atoms with van der Waals surface area (Å²) in [5, 5.41) is 1.33. The Bertz CT molecular complexity index is 956. The smallest absolute Gasteiger partial charge is 0.273 e. The van der Waals surface area contributed by atoms with Crippen molar-refractivity contribution in [1.82, 2.24) is 10.4 Å². The van der Waals surface area contributed by atoms with Crippen LogP contribution in [-0.4, -0.2) is 50.8 Å². The molecule has 0 fully saturated rings. The summed E-state index contributed by atoms with van der Waals surface area (Å²) >= 11 is 0. The first kappa shape index (κ1) is 24.8. The largest absolute Gasteiger partial charge is 0.496 e. The molecule has 0 heterocycles. The Balaban J connectivity index is 2.47. The number of hydrogen-bond donors (Lipinski definition) is 1. The van der Waals surface area contributed by atoms with E-state index < -0.39 is 11.4 Å². The third-order valence-electron chi connectivity index (χ3n) is 4.95. The van der Waals surface area contributed by atoms with Crippen molar-refractivity contribution in [3.8, 4) is 23.0 Å². The number of hydrogen-bond acceptors (Lipinski definition) is 6. The Kier molecular flexibility index (Phi) is 7.97. The number of hydrazine groups is 1. The van der Waals surface area contributed by atoms with Gasteiger partial charge in [-0.1, -0.05) is 13.0 Å². The van der Waals surface area contributed by atoms with E-state index in [0.717, 1.165) is 5.56 Å². The molecule has 8 nitrogen and oxygen atoms in total. The molecule has 0 spiro atoms. The van der Waals surface area contributed by atoms with Gasteiger partial charge < -0.3 is 18.9 Å². The highest BCUT2D eigenvalue weighted by molar-refractivity contribution is 6.01. The van der Waals surface area contributed by atoms with Crippen LogP contribution < -0.4 is 24.4 Å². The van der Waals surface area contributed by atoms with Gasteiger partial charge in [-0.3, -0.25) is 15.0 Å². The second kappa shape index (κ2) is 10.3. The minimum atomic E-state index is -0.707. The van der Waals surface area contributed by atoms with Crippen LogP contribution in [0.4, 0.5) is 0 Å². The van der Waals surface area contributed by atoms with Crippen LogP contribution in [0.1, 0.15) is 54.0 Å². The molecule has 2 rings (SSSR count). The molecular formula is C24H32N2O6. The second-order valence-corrected chi connectivity index (χ2v) is 8.01. The Labute approximate surface area is 189 Å². The zero-order valence-corrected chi connectivity index (χ0v) is 20.0. The maximum Gasteiger partial charge on any atom is 0.273 e. The molecule has 0 aromatic heterocycles. The number of rotatable bonds is 7. The van der Waals surface area contributed by atoms with Gasteiger partial charge >= 0.3 is 0 Å². The van der Waals surface area contributed by atoms with E-state index in [1.165, 1.54) is 38.5 Å². The van der Waals surface area contributed by atoms with Gasteiger partial charge in [0.05, 0.1) is 34.0 Å². The number of nitrogens with zero attached hydrogens (tertiary/aromatic N) is 1. The average molecular weight is 445 g/mol. The van der Waals surface area contributed by atoms with Crippen molar-refractivity contribution < 1.29 is 28.5 Å². The first-order valence-corrected chi connectivity index (χ1v) is 10.2. The van der Waals surface area contributed by atoms with Crippen LogP contribution in [0.25, 0.3) is 0 Å². The van der Waals surface area contributed by atoms with Crippen molar-refractivity contribution in [2.24, 2.45) is 0 Å². The van der Waals surface area contributed by atoms with Gasteiger partial charge in [0.2, 0.25) is 5.75 Å². The fourth-order valence-electron chi connectivity index (χ4n) is 3.34. The van der Waals surface area contributed by atoms with Gasteiger partial charge in [0.15, 0.2) is 11.5 Å². The molecule has 32 heavy (non-hydrogen) atoms. The molecule has 8 heteroatoms. The molecule has 0 unspecified atom stereocenters. The Hall–Kier alpha value is -3.42. The van der Waals surface area contributed by atoms with Crippen molar-refractivity contribution in [3.05, 3.63) is 47.0 Å². The van der Waals surface area contributed by atoms with Crippen LogP contribution in [0.3, 0.4) is 0 Å². The van der Waals surface area contributed by atoms with Crippen molar-refractivity contribution in [3.63, 3.8) is 0 Å². The number of amides is 2. The standard InChI is InChI=1S/C24H32N2O6/c1-9-16-17(11-10-12-18(16)29-5)23(28)26(24(2,3)4)25-22(27)15-13-19(30-6)21(32-8)20(14-15)31-7/h10-14H,9H2,1-8H3,(H,25,27). The van der Waals surface area contributed by atoms with E-state index in [0.29, 0.717) is 35.0 Å². The number of ether oxygens (including phenoxy) is 4. The van der Waals surface area contributed by atoms with E-state index in [-0.39, 0.29) is 11.5 Å². The fraction of sp³-hybridized carbons (Fsp3) is 0.417. The van der Waals surface area contributed by atoms with Gasteiger partial charge in [-0.05, 0) is 51.5 Å². The Morgan fingerprint density at radius 3 is 1.91 bits per heavy atom. The van der Waals surface area contributed by atoms with E-state index in [1.807, 2.05) is 33.8 Å². The van der Waals surface area contributed by atoms with Crippen molar-refractivity contribution in [2.45, 2.75) is 39.7 Å². The van der Waals surface area contributed by atoms with E-state index >= 15 is 0 Å². The van der Waals surface area contributed by atoms with E-state index in [9.17, 15) is 9.59 Å². The molecule has 2 aromatic carbocycles. The molecule has 0 saturated carbocycles. The molecule has 0 saturated heterocycles. The summed E-state index contributed by atoms with van der Waals surface area (Å²) < 4.78 is 21.4. The fourth-order valence-corrected chi connectivity index (χ4v) is 3.34. The summed E-state index contributed by atoms with van der Waals surface area (Å²) in [4.78, 5) is 26.7. The molecule has 2 amide bonds. The predicted octanol–water partition coefficient (Wildman–Crippen LogP) is 3.87. The van der Waals surface area contributed by atoms with Crippen molar-refractivity contribution in [1.29, 1.82) is 0 Å². The minimum Gasteiger partial charge on any atom is -0.496 e. The quantitative estimate of drug-likeness (QED) is 0.653. The maximum absolute atomic E-state index is 13.5. The van der Waals surface area contributed by atoms with Crippen LogP contribution in [0.2, 0.25) is 0 Å². The van der Waals surface area contributed by atoms with Crippen LogP contribution >= 0.6 is 0 Å². The minimum absolute atomic E-state index is 0.253. The third-order valence-corrected chi connectivity index (χ3v) is 4.95. The van der Waals surface area contributed by atoms with Gasteiger partial charge in [0, 0.05) is 16.7 Å². The summed E-state index contributed by atoms with van der Waals surface area (Å²) in [5.74, 6) is 0.850. The van der Waals surface area contributed by atoms with Gasteiger partial charge in [-0.25, -0.2) is 5.01 Å². The van der Waals surface area contributed by atoms with E-state index in [1.54, 1.807) is 19.2 Å². The Morgan fingerprint density at radius 2 is 1.47 bits per heavy atom. The van der Waals surface area contributed by atoms with Gasteiger partial charge in [-0.15, -0.1) is 0 Å². The normalized spacial score (nSPS) is 10.9. The van der Waals surface area contributed by atoms with Crippen LogP contribution in [0.15, 0.2) is 30.3 Å².